The number of nitrogens with one attached hydrogen (secondary N) is 2. The Bertz CT molecular complexity index is 169. The number of piperidine rings is 1. The van der Waals surface area contributed by atoms with Crippen LogP contribution in [-0.4, -0.2) is 31.8 Å². The second-order valence-electron chi connectivity index (χ2n) is 3.20. The Morgan fingerprint density at radius 3 is 3.36 bits per heavy atom. The molecule has 2 unspecified atom stereocenters. The summed E-state index contributed by atoms with van der Waals surface area (Å²) in [5.74, 6) is 0. The van der Waals surface area contributed by atoms with Gasteiger partial charge < -0.3 is 15.4 Å². The van der Waals surface area contributed by atoms with Crippen molar-refractivity contribution in [2.75, 3.05) is 19.7 Å². The van der Waals surface area contributed by atoms with Gasteiger partial charge in [-0.25, -0.2) is 0 Å². The molecular formula is C8H14N2O. The van der Waals surface area contributed by atoms with Gasteiger partial charge in [0.15, 0.2) is 0 Å². The minimum atomic E-state index is 0.404. The Labute approximate surface area is 66.8 Å². The van der Waals surface area contributed by atoms with Crippen molar-refractivity contribution >= 4 is 0 Å². The minimum Gasteiger partial charge on any atom is -0.380 e. The molecule has 0 aromatic heterocycles. The molecule has 2 fully saturated rings. The molecule has 3 nitrogen and oxygen atoms in total. The Morgan fingerprint density at radius 2 is 2.45 bits per heavy atom. The summed E-state index contributed by atoms with van der Waals surface area (Å²) in [4.78, 5) is 0. The summed E-state index contributed by atoms with van der Waals surface area (Å²) in [6, 6.07) is 0.449. The molecule has 2 N–H and O–H groups in total. The van der Waals surface area contributed by atoms with Crippen LogP contribution in [0.5, 0.6) is 0 Å². The maximum absolute atomic E-state index is 5.59. The second kappa shape index (κ2) is 2.83. The maximum Gasteiger partial charge on any atom is 0.0861 e. The summed E-state index contributed by atoms with van der Waals surface area (Å²) in [5.41, 5.74) is 1.01. The van der Waals surface area contributed by atoms with Crippen LogP contribution in [-0.2, 0) is 4.74 Å². The molecule has 3 heteroatoms. The smallest absolute Gasteiger partial charge is 0.0861 e. The van der Waals surface area contributed by atoms with Crippen molar-refractivity contribution in [3.63, 3.8) is 0 Å². The molecule has 0 saturated carbocycles. The summed E-state index contributed by atoms with van der Waals surface area (Å²) >= 11 is 0. The van der Waals surface area contributed by atoms with Gasteiger partial charge in [0.2, 0.25) is 0 Å². The standard InChI is InChI=1S/C8H14N2O/c1-6-5-11-8-2-3-9-4-7(8)10-6/h7-10H,1-5H2. The first kappa shape index (κ1) is 7.13. The Hall–Kier alpha value is -0.540. The molecule has 0 amide bonds. The van der Waals surface area contributed by atoms with Crippen LogP contribution in [0.1, 0.15) is 6.42 Å². The second-order valence-corrected chi connectivity index (χ2v) is 3.20. The van der Waals surface area contributed by atoms with Crippen LogP contribution < -0.4 is 10.6 Å². The van der Waals surface area contributed by atoms with E-state index in [9.17, 15) is 0 Å². The van der Waals surface area contributed by atoms with Crippen molar-refractivity contribution < 1.29 is 4.74 Å². The lowest BCUT2D eigenvalue weighted by Crippen LogP contribution is -2.56. The van der Waals surface area contributed by atoms with Gasteiger partial charge in [0, 0.05) is 12.2 Å². The molecule has 0 radical (unpaired) electrons. The molecule has 2 saturated heterocycles. The van der Waals surface area contributed by atoms with Crippen LogP contribution in [0.4, 0.5) is 0 Å². The number of rotatable bonds is 0. The summed E-state index contributed by atoms with van der Waals surface area (Å²) in [6.45, 7) is 6.61. The van der Waals surface area contributed by atoms with Gasteiger partial charge in [-0.15, -0.1) is 0 Å². The third-order valence-corrected chi connectivity index (χ3v) is 2.28. The van der Waals surface area contributed by atoms with Crippen LogP contribution in [0.3, 0.4) is 0 Å². The number of hydrogen-bond acceptors (Lipinski definition) is 3. The third kappa shape index (κ3) is 1.39. The third-order valence-electron chi connectivity index (χ3n) is 2.28. The van der Waals surface area contributed by atoms with Crippen molar-refractivity contribution in [3.05, 3.63) is 12.3 Å². The molecule has 0 aromatic carbocycles. The van der Waals surface area contributed by atoms with Crippen LogP contribution in [0.2, 0.25) is 0 Å². The normalized spacial score (nSPS) is 37.6. The van der Waals surface area contributed by atoms with Crippen molar-refractivity contribution in [1.82, 2.24) is 10.6 Å². The van der Waals surface area contributed by atoms with Crippen LogP contribution in [0.25, 0.3) is 0 Å². The summed E-state index contributed by atoms with van der Waals surface area (Å²) < 4.78 is 5.59. The van der Waals surface area contributed by atoms with E-state index in [2.05, 4.69) is 17.2 Å². The van der Waals surface area contributed by atoms with Crippen molar-refractivity contribution in [2.24, 2.45) is 0 Å². The Morgan fingerprint density at radius 1 is 1.55 bits per heavy atom. The lowest BCUT2D eigenvalue weighted by atomic mass is 10.0. The molecule has 0 aliphatic carbocycles. The zero-order valence-electron chi connectivity index (χ0n) is 6.60. The highest BCUT2D eigenvalue weighted by molar-refractivity contribution is 5.02. The maximum atomic E-state index is 5.59. The van der Waals surface area contributed by atoms with E-state index in [0.717, 1.165) is 25.2 Å². The van der Waals surface area contributed by atoms with E-state index in [1.54, 1.807) is 0 Å². The highest BCUT2D eigenvalue weighted by Crippen LogP contribution is 2.14. The minimum absolute atomic E-state index is 0.404. The van der Waals surface area contributed by atoms with Gasteiger partial charge in [0.1, 0.15) is 0 Å². The van der Waals surface area contributed by atoms with E-state index in [1.807, 2.05) is 0 Å². The fraction of sp³-hybridized carbons (Fsp3) is 0.750. The first-order valence-electron chi connectivity index (χ1n) is 4.13. The highest BCUT2D eigenvalue weighted by Gasteiger charge is 2.28. The molecule has 11 heavy (non-hydrogen) atoms. The van der Waals surface area contributed by atoms with E-state index in [-0.39, 0.29) is 0 Å². The summed E-state index contributed by atoms with van der Waals surface area (Å²) in [5, 5.41) is 6.66. The van der Waals surface area contributed by atoms with E-state index in [0.29, 0.717) is 18.8 Å². The largest absolute Gasteiger partial charge is 0.380 e. The molecular weight excluding hydrogens is 140 g/mol. The molecule has 2 aliphatic heterocycles. The fourth-order valence-corrected chi connectivity index (χ4v) is 1.69. The van der Waals surface area contributed by atoms with E-state index >= 15 is 0 Å². The van der Waals surface area contributed by atoms with Gasteiger partial charge in [0.05, 0.1) is 18.8 Å². The van der Waals surface area contributed by atoms with Gasteiger partial charge in [-0.05, 0) is 13.0 Å². The number of fused-ring (bicyclic) bond motifs is 1. The zero-order valence-corrected chi connectivity index (χ0v) is 6.60. The average Bonchev–Trinajstić information content (AvgIpc) is 2.04. The molecule has 0 bridgehead atoms. The average molecular weight is 154 g/mol. The molecule has 2 rings (SSSR count). The van der Waals surface area contributed by atoms with Crippen LogP contribution in [0.15, 0.2) is 12.3 Å². The van der Waals surface area contributed by atoms with E-state index < -0.39 is 0 Å². The predicted molar refractivity (Wildman–Crippen MR) is 43.3 cm³/mol. The first-order valence-corrected chi connectivity index (χ1v) is 4.13. The lowest BCUT2D eigenvalue weighted by Gasteiger charge is -2.38. The highest BCUT2D eigenvalue weighted by atomic mass is 16.5. The van der Waals surface area contributed by atoms with E-state index in [4.69, 9.17) is 4.74 Å². The van der Waals surface area contributed by atoms with E-state index in [1.165, 1.54) is 0 Å². The van der Waals surface area contributed by atoms with Crippen LogP contribution in [0, 0.1) is 0 Å². The molecule has 0 aromatic rings. The fourth-order valence-electron chi connectivity index (χ4n) is 1.69. The summed E-state index contributed by atoms with van der Waals surface area (Å²) in [6.07, 6.45) is 1.52. The zero-order chi connectivity index (χ0) is 7.68. The van der Waals surface area contributed by atoms with Gasteiger partial charge in [-0.2, -0.15) is 0 Å². The number of hydrogen-bond donors (Lipinski definition) is 2. The summed E-state index contributed by atoms with van der Waals surface area (Å²) in [7, 11) is 0. The van der Waals surface area contributed by atoms with Crippen molar-refractivity contribution in [1.29, 1.82) is 0 Å². The Kier molecular flexibility index (Phi) is 1.84. The molecule has 2 atom stereocenters. The molecule has 2 aliphatic rings. The Balaban J connectivity index is 1.98. The monoisotopic (exact) mass is 154 g/mol. The molecule has 2 heterocycles. The number of ether oxygens (including phenoxy) is 1. The van der Waals surface area contributed by atoms with Gasteiger partial charge >= 0.3 is 0 Å². The van der Waals surface area contributed by atoms with Crippen molar-refractivity contribution in [2.45, 2.75) is 18.6 Å². The van der Waals surface area contributed by atoms with Gasteiger partial charge in [-0.1, -0.05) is 6.58 Å². The van der Waals surface area contributed by atoms with Gasteiger partial charge in [-0.3, -0.25) is 0 Å². The SMILES string of the molecule is C=C1COC2CCNCC2N1. The number of morpholine rings is 1. The van der Waals surface area contributed by atoms with Crippen molar-refractivity contribution in [3.8, 4) is 0 Å². The molecule has 62 valence electrons. The first-order chi connectivity index (χ1) is 5.36. The quantitative estimate of drug-likeness (QED) is 0.509. The molecule has 0 spiro atoms. The predicted octanol–water partition coefficient (Wildman–Crippen LogP) is -0.150. The topological polar surface area (TPSA) is 33.3 Å². The lowest BCUT2D eigenvalue weighted by molar-refractivity contribution is -0.000423. The van der Waals surface area contributed by atoms with Crippen LogP contribution >= 0.6 is 0 Å². The van der Waals surface area contributed by atoms with Gasteiger partial charge in [0.25, 0.3) is 0 Å².